The summed E-state index contributed by atoms with van der Waals surface area (Å²) in [4.78, 5) is 24.7. The lowest BCUT2D eigenvalue weighted by molar-refractivity contribution is 0.252. The Bertz CT molecular complexity index is 944. The summed E-state index contributed by atoms with van der Waals surface area (Å²) in [5.41, 5.74) is 2.97. The number of benzene rings is 1. The monoisotopic (exact) mass is 352 g/mol. The Morgan fingerprint density at radius 2 is 1.96 bits per heavy atom. The van der Waals surface area contributed by atoms with Gasteiger partial charge in [-0.2, -0.15) is 0 Å². The fourth-order valence-corrected chi connectivity index (χ4v) is 2.39. The molecule has 1 aromatic carbocycles. The van der Waals surface area contributed by atoms with Gasteiger partial charge in [-0.25, -0.2) is 19.7 Å². The SMILES string of the molecule is CCNC(=O)Nc1cnc2ccc(Nc3ccc(C)c(OC)c3)nc2n1. The summed E-state index contributed by atoms with van der Waals surface area (Å²) in [7, 11) is 1.64. The van der Waals surface area contributed by atoms with Gasteiger partial charge >= 0.3 is 6.03 Å². The molecule has 3 N–H and O–H groups in total. The molecule has 0 atom stereocenters. The molecule has 0 aliphatic carbocycles. The second-order valence-electron chi connectivity index (χ2n) is 5.59. The predicted octanol–water partition coefficient (Wildman–Crippen LogP) is 3.23. The zero-order valence-electron chi connectivity index (χ0n) is 14.8. The van der Waals surface area contributed by atoms with Crippen molar-refractivity contribution >= 4 is 34.5 Å². The number of carbonyl (C=O) groups is 1. The number of hydrogen-bond acceptors (Lipinski definition) is 6. The van der Waals surface area contributed by atoms with Gasteiger partial charge in [0.1, 0.15) is 17.1 Å². The number of aromatic nitrogens is 3. The van der Waals surface area contributed by atoms with Crippen molar-refractivity contribution in [1.29, 1.82) is 0 Å². The predicted molar refractivity (Wildman–Crippen MR) is 101 cm³/mol. The van der Waals surface area contributed by atoms with Gasteiger partial charge in [-0.05, 0) is 37.6 Å². The summed E-state index contributed by atoms with van der Waals surface area (Å²) in [5.74, 6) is 1.75. The first kappa shape index (κ1) is 17.4. The van der Waals surface area contributed by atoms with E-state index in [1.165, 1.54) is 6.20 Å². The largest absolute Gasteiger partial charge is 0.496 e. The van der Waals surface area contributed by atoms with Gasteiger partial charge in [0, 0.05) is 18.3 Å². The van der Waals surface area contributed by atoms with E-state index in [1.54, 1.807) is 7.11 Å². The minimum atomic E-state index is -0.331. The van der Waals surface area contributed by atoms with Crippen LogP contribution in [-0.2, 0) is 0 Å². The quantitative estimate of drug-likeness (QED) is 0.652. The lowest BCUT2D eigenvalue weighted by Gasteiger charge is -2.10. The Morgan fingerprint density at radius 3 is 2.73 bits per heavy atom. The molecule has 0 aliphatic rings. The first-order chi connectivity index (χ1) is 12.6. The van der Waals surface area contributed by atoms with Crippen LogP contribution in [0.25, 0.3) is 11.2 Å². The Hall–Kier alpha value is -3.42. The number of aryl methyl sites for hydroxylation is 1. The first-order valence-electron chi connectivity index (χ1n) is 8.19. The highest BCUT2D eigenvalue weighted by molar-refractivity contribution is 5.89. The first-order valence-corrected chi connectivity index (χ1v) is 8.19. The molecule has 0 saturated carbocycles. The fraction of sp³-hybridized carbons (Fsp3) is 0.222. The van der Waals surface area contributed by atoms with Gasteiger partial charge in [0.15, 0.2) is 11.5 Å². The van der Waals surface area contributed by atoms with E-state index in [9.17, 15) is 4.79 Å². The summed E-state index contributed by atoms with van der Waals surface area (Å²) in [6, 6.07) is 9.13. The Kier molecular flexibility index (Phi) is 5.12. The van der Waals surface area contributed by atoms with Gasteiger partial charge in [-0.1, -0.05) is 6.07 Å². The third kappa shape index (κ3) is 3.97. The van der Waals surface area contributed by atoms with Crippen molar-refractivity contribution in [2.75, 3.05) is 24.3 Å². The van der Waals surface area contributed by atoms with Crippen LogP contribution >= 0.6 is 0 Å². The molecule has 2 aromatic heterocycles. The van der Waals surface area contributed by atoms with Crippen molar-refractivity contribution in [3.8, 4) is 5.75 Å². The molecular weight excluding hydrogens is 332 g/mol. The highest BCUT2D eigenvalue weighted by Crippen LogP contribution is 2.24. The van der Waals surface area contributed by atoms with Crippen LogP contribution in [-0.4, -0.2) is 34.6 Å². The number of rotatable bonds is 5. The van der Waals surface area contributed by atoms with Crippen molar-refractivity contribution in [2.24, 2.45) is 0 Å². The molecule has 2 heterocycles. The van der Waals surface area contributed by atoms with Gasteiger partial charge < -0.3 is 15.4 Å². The van der Waals surface area contributed by atoms with E-state index in [2.05, 4.69) is 30.9 Å². The van der Waals surface area contributed by atoms with Crippen LogP contribution in [0.4, 0.5) is 22.1 Å². The smallest absolute Gasteiger partial charge is 0.320 e. The zero-order valence-corrected chi connectivity index (χ0v) is 14.8. The number of carbonyl (C=O) groups excluding carboxylic acids is 1. The van der Waals surface area contributed by atoms with Gasteiger partial charge in [0.2, 0.25) is 0 Å². The van der Waals surface area contributed by atoms with Crippen molar-refractivity contribution in [1.82, 2.24) is 20.3 Å². The normalized spacial score (nSPS) is 10.4. The number of nitrogens with one attached hydrogen (secondary N) is 3. The number of methoxy groups -OCH3 is 1. The van der Waals surface area contributed by atoms with Crippen molar-refractivity contribution < 1.29 is 9.53 Å². The van der Waals surface area contributed by atoms with Crippen molar-refractivity contribution in [3.05, 3.63) is 42.1 Å². The Balaban J connectivity index is 1.84. The van der Waals surface area contributed by atoms with E-state index in [0.717, 1.165) is 17.0 Å². The van der Waals surface area contributed by atoms with Crippen LogP contribution in [0.1, 0.15) is 12.5 Å². The number of pyridine rings is 1. The Labute approximate surface area is 151 Å². The second kappa shape index (κ2) is 7.64. The van der Waals surface area contributed by atoms with E-state index in [4.69, 9.17) is 4.74 Å². The molecule has 0 saturated heterocycles. The summed E-state index contributed by atoms with van der Waals surface area (Å²) < 4.78 is 5.34. The fourth-order valence-electron chi connectivity index (χ4n) is 2.39. The number of anilines is 3. The van der Waals surface area contributed by atoms with E-state index < -0.39 is 0 Å². The average molecular weight is 352 g/mol. The van der Waals surface area contributed by atoms with Crippen LogP contribution in [0.5, 0.6) is 5.75 Å². The number of nitrogens with zero attached hydrogens (tertiary/aromatic N) is 3. The van der Waals surface area contributed by atoms with Crippen molar-refractivity contribution in [3.63, 3.8) is 0 Å². The number of hydrogen-bond donors (Lipinski definition) is 3. The number of ether oxygens (including phenoxy) is 1. The van der Waals surface area contributed by atoms with Crippen LogP contribution in [0, 0.1) is 6.92 Å². The minimum absolute atomic E-state index is 0.331. The molecule has 0 radical (unpaired) electrons. The summed E-state index contributed by atoms with van der Waals surface area (Å²) in [6.07, 6.45) is 1.50. The summed E-state index contributed by atoms with van der Waals surface area (Å²) >= 11 is 0. The molecule has 8 nitrogen and oxygen atoms in total. The maximum absolute atomic E-state index is 11.6. The molecule has 26 heavy (non-hydrogen) atoms. The maximum Gasteiger partial charge on any atom is 0.320 e. The average Bonchev–Trinajstić information content (AvgIpc) is 2.63. The van der Waals surface area contributed by atoms with E-state index >= 15 is 0 Å². The lowest BCUT2D eigenvalue weighted by Crippen LogP contribution is -2.28. The molecule has 0 unspecified atom stereocenters. The van der Waals surface area contributed by atoms with Gasteiger partial charge in [0.05, 0.1) is 13.3 Å². The standard InChI is InChI=1S/C18H20N6O2/c1-4-19-18(25)24-16-10-20-13-7-8-15(22-17(13)23-16)21-12-6-5-11(2)14(9-12)26-3/h5-10H,4H2,1-3H3,(H3,19,21,22,23,24,25). The highest BCUT2D eigenvalue weighted by Gasteiger charge is 2.07. The molecule has 134 valence electrons. The van der Waals surface area contributed by atoms with Crippen LogP contribution in [0.15, 0.2) is 36.5 Å². The number of urea groups is 1. The summed E-state index contributed by atoms with van der Waals surface area (Å²) in [6.45, 7) is 4.35. The lowest BCUT2D eigenvalue weighted by atomic mass is 10.2. The number of fused-ring (bicyclic) bond motifs is 1. The zero-order chi connectivity index (χ0) is 18.5. The van der Waals surface area contributed by atoms with Gasteiger partial charge in [-0.3, -0.25) is 5.32 Å². The van der Waals surface area contributed by atoms with Crippen LogP contribution in [0.3, 0.4) is 0 Å². The second-order valence-corrected chi connectivity index (χ2v) is 5.59. The minimum Gasteiger partial charge on any atom is -0.496 e. The van der Waals surface area contributed by atoms with Gasteiger partial charge in [0.25, 0.3) is 0 Å². The molecule has 3 aromatic rings. The summed E-state index contributed by atoms with van der Waals surface area (Å²) in [5, 5.41) is 8.48. The molecule has 0 fully saturated rings. The molecule has 0 spiro atoms. The third-order valence-corrected chi connectivity index (χ3v) is 3.67. The van der Waals surface area contributed by atoms with E-state index in [0.29, 0.717) is 29.3 Å². The van der Waals surface area contributed by atoms with Crippen molar-refractivity contribution in [2.45, 2.75) is 13.8 Å². The molecular formula is C18H20N6O2. The molecule has 2 amide bonds. The number of amides is 2. The molecule has 0 aliphatic heterocycles. The molecule has 0 bridgehead atoms. The topological polar surface area (TPSA) is 101 Å². The third-order valence-electron chi connectivity index (χ3n) is 3.67. The Morgan fingerprint density at radius 1 is 1.15 bits per heavy atom. The molecule has 3 rings (SSSR count). The van der Waals surface area contributed by atoms with E-state index in [1.807, 2.05) is 44.2 Å². The highest BCUT2D eigenvalue weighted by atomic mass is 16.5. The van der Waals surface area contributed by atoms with Crippen LogP contribution < -0.4 is 20.7 Å². The maximum atomic E-state index is 11.6. The van der Waals surface area contributed by atoms with Gasteiger partial charge in [-0.15, -0.1) is 0 Å². The van der Waals surface area contributed by atoms with Crippen LogP contribution in [0.2, 0.25) is 0 Å². The molecule has 8 heteroatoms. The van der Waals surface area contributed by atoms with E-state index in [-0.39, 0.29) is 6.03 Å².